The van der Waals surface area contributed by atoms with Gasteiger partial charge in [0.05, 0.1) is 11.3 Å². The third-order valence-corrected chi connectivity index (χ3v) is 7.10. The maximum atomic E-state index is 14.0. The highest BCUT2D eigenvalue weighted by atomic mass is 19.1. The zero-order chi connectivity index (χ0) is 24.9. The van der Waals surface area contributed by atoms with Gasteiger partial charge in [-0.25, -0.2) is 18.6 Å². The molecule has 3 aromatic rings. The molecule has 2 amide bonds. The predicted molar refractivity (Wildman–Crippen MR) is 122 cm³/mol. The number of carbonyl (C=O) groups excluding carboxylic acids is 1. The van der Waals surface area contributed by atoms with Crippen LogP contribution in [0.3, 0.4) is 0 Å². The average Bonchev–Trinajstić information content (AvgIpc) is 3.47. The maximum absolute atomic E-state index is 14.0. The minimum atomic E-state index is -0.916. The van der Waals surface area contributed by atoms with Gasteiger partial charge < -0.3 is 20.1 Å². The van der Waals surface area contributed by atoms with Crippen molar-refractivity contribution in [1.82, 2.24) is 19.6 Å². The van der Waals surface area contributed by atoms with Crippen LogP contribution < -0.4 is 10.1 Å². The van der Waals surface area contributed by atoms with E-state index in [4.69, 9.17) is 4.74 Å². The monoisotopic (exact) mass is 484 g/mol. The SMILES string of the molecule is Cc1cc(OCc2c(F)cccc2F)c2nc(C)c(C(=O)NC3CCC4C3CCN4C(=O)O)n2c1. The van der Waals surface area contributed by atoms with Crippen molar-refractivity contribution in [2.75, 3.05) is 6.54 Å². The lowest BCUT2D eigenvalue weighted by molar-refractivity contribution is 0.0920. The number of aryl methyl sites for hydroxylation is 2. The lowest BCUT2D eigenvalue weighted by Gasteiger charge is -2.22. The molecule has 1 saturated heterocycles. The molecule has 1 aliphatic carbocycles. The van der Waals surface area contributed by atoms with Gasteiger partial charge in [0.1, 0.15) is 23.9 Å². The molecule has 1 aliphatic heterocycles. The van der Waals surface area contributed by atoms with E-state index in [1.807, 2.05) is 6.92 Å². The van der Waals surface area contributed by atoms with E-state index in [1.165, 1.54) is 23.1 Å². The van der Waals surface area contributed by atoms with Crippen LogP contribution in [0.2, 0.25) is 0 Å². The summed E-state index contributed by atoms with van der Waals surface area (Å²) in [6.07, 6.45) is 3.00. The summed E-state index contributed by atoms with van der Waals surface area (Å²) in [5.74, 6) is -1.30. The summed E-state index contributed by atoms with van der Waals surface area (Å²) in [6.45, 7) is 3.70. The fourth-order valence-corrected chi connectivity index (χ4v) is 5.49. The van der Waals surface area contributed by atoms with Crippen LogP contribution in [0.4, 0.5) is 13.6 Å². The van der Waals surface area contributed by atoms with Crippen molar-refractivity contribution in [3.8, 4) is 5.75 Å². The fourth-order valence-electron chi connectivity index (χ4n) is 5.49. The lowest BCUT2D eigenvalue weighted by atomic mass is 10.00. The number of ether oxygens (including phenoxy) is 1. The summed E-state index contributed by atoms with van der Waals surface area (Å²) in [4.78, 5) is 30.8. The van der Waals surface area contributed by atoms with Crippen LogP contribution in [0.15, 0.2) is 30.5 Å². The van der Waals surface area contributed by atoms with Crippen molar-refractivity contribution in [1.29, 1.82) is 0 Å². The molecule has 2 aromatic heterocycles. The Balaban J connectivity index is 1.39. The largest absolute Gasteiger partial charge is 0.485 e. The number of likely N-dealkylation sites (tertiary alicyclic amines) is 1. The molecule has 10 heteroatoms. The van der Waals surface area contributed by atoms with Crippen molar-refractivity contribution >= 4 is 17.6 Å². The summed E-state index contributed by atoms with van der Waals surface area (Å²) >= 11 is 0. The number of aromatic nitrogens is 2. The van der Waals surface area contributed by atoms with Gasteiger partial charge in [-0.1, -0.05) is 6.07 Å². The fraction of sp³-hybridized carbons (Fsp3) is 0.400. The van der Waals surface area contributed by atoms with E-state index in [1.54, 1.807) is 23.6 Å². The Morgan fingerprint density at radius 3 is 2.66 bits per heavy atom. The number of carboxylic acid groups (broad SMARTS) is 1. The van der Waals surface area contributed by atoms with Gasteiger partial charge in [-0.05, 0) is 56.9 Å². The van der Waals surface area contributed by atoms with E-state index < -0.39 is 17.7 Å². The number of nitrogens with zero attached hydrogens (tertiary/aromatic N) is 3. The number of halogens is 2. The second kappa shape index (κ2) is 8.83. The molecule has 2 aliphatic rings. The van der Waals surface area contributed by atoms with Crippen LogP contribution >= 0.6 is 0 Å². The molecule has 0 radical (unpaired) electrons. The topological polar surface area (TPSA) is 96.2 Å². The quantitative estimate of drug-likeness (QED) is 0.569. The van der Waals surface area contributed by atoms with E-state index in [2.05, 4.69) is 10.3 Å². The standard InChI is InChI=1S/C25H26F2N4O4/c1-13-10-21(35-12-16-17(26)4-3-5-18(16)27)23-28-14(2)22(31(23)11-13)24(32)29-19-6-7-20-15(19)8-9-30(20)25(33)34/h3-5,10-11,15,19-20H,6-9,12H2,1-2H3,(H,29,32)(H,33,34). The molecule has 3 unspecified atom stereocenters. The third kappa shape index (κ3) is 4.06. The Kier molecular flexibility index (Phi) is 5.82. The average molecular weight is 485 g/mol. The van der Waals surface area contributed by atoms with E-state index in [9.17, 15) is 23.5 Å². The first-order valence-electron chi connectivity index (χ1n) is 11.6. The Bertz CT molecular complexity index is 1300. The molecule has 5 rings (SSSR count). The zero-order valence-electron chi connectivity index (χ0n) is 19.4. The predicted octanol–water partition coefficient (Wildman–Crippen LogP) is 4.07. The Morgan fingerprint density at radius 2 is 1.94 bits per heavy atom. The highest BCUT2D eigenvalue weighted by molar-refractivity contribution is 5.95. The van der Waals surface area contributed by atoms with Gasteiger partial charge in [0, 0.05) is 30.7 Å². The Morgan fingerprint density at radius 1 is 1.20 bits per heavy atom. The van der Waals surface area contributed by atoms with E-state index in [-0.39, 0.29) is 36.1 Å². The number of hydrogen-bond acceptors (Lipinski definition) is 4. The van der Waals surface area contributed by atoms with Gasteiger partial charge in [-0.15, -0.1) is 0 Å². The molecule has 2 N–H and O–H groups in total. The van der Waals surface area contributed by atoms with Crippen molar-refractivity contribution < 1.29 is 28.2 Å². The lowest BCUT2D eigenvalue weighted by Crippen LogP contribution is -2.41. The number of benzene rings is 1. The van der Waals surface area contributed by atoms with Gasteiger partial charge in [0.15, 0.2) is 11.4 Å². The molecule has 8 nitrogen and oxygen atoms in total. The number of hydrogen-bond donors (Lipinski definition) is 2. The van der Waals surface area contributed by atoms with Crippen LogP contribution in [-0.2, 0) is 6.61 Å². The molecular formula is C25H26F2N4O4. The number of pyridine rings is 1. The van der Waals surface area contributed by atoms with Crippen LogP contribution in [0, 0.1) is 31.4 Å². The number of nitrogens with one attached hydrogen (secondary N) is 1. The molecule has 0 bridgehead atoms. The normalized spacial score (nSPS) is 21.4. The minimum absolute atomic E-state index is 0.0675. The molecule has 1 saturated carbocycles. The zero-order valence-corrected chi connectivity index (χ0v) is 19.4. The van der Waals surface area contributed by atoms with E-state index in [0.29, 0.717) is 35.8 Å². The summed E-state index contributed by atoms with van der Waals surface area (Å²) < 4.78 is 35.5. The molecule has 2 fully saturated rings. The van der Waals surface area contributed by atoms with Gasteiger partial charge in [0.2, 0.25) is 0 Å². The molecular weight excluding hydrogens is 458 g/mol. The summed E-state index contributed by atoms with van der Waals surface area (Å²) in [7, 11) is 0. The number of imidazole rings is 1. The minimum Gasteiger partial charge on any atom is -0.485 e. The Labute approximate surface area is 200 Å². The van der Waals surface area contributed by atoms with Crippen molar-refractivity contribution in [3.05, 3.63) is 64.6 Å². The van der Waals surface area contributed by atoms with Gasteiger partial charge in [0.25, 0.3) is 5.91 Å². The highest BCUT2D eigenvalue weighted by Gasteiger charge is 2.46. The van der Waals surface area contributed by atoms with E-state index >= 15 is 0 Å². The number of fused-ring (bicyclic) bond motifs is 2. The van der Waals surface area contributed by atoms with Crippen molar-refractivity contribution in [2.24, 2.45) is 5.92 Å². The van der Waals surface area contributed by atoms with Crippen molar-refractivity contribution in [2.45, 2.75) is 51.8 Å². The number of carbonyl (C=O) groups is 2. The number of amides is 2. The molecule has 35 heavy (non-hydrogen) atoms. The summed E-state index contributed by atoms with van der Waals surface area (Å²) in [6, 6.07) is 5.16. The first kappa shape index (κ1) is 23.1. The maximum Gasteiger partial charge on any atom is 0.407 e. The van der Waals surface area contributed by atoms with Crippen LogP contribution in [-0.4, -0.2) is 50.0 Å². The second-order valence-electron chi connectivity index (χ2n) is 9.26. The highest BCUT2D eigenvalue weighted by Crippen LogP contribution is 2.38. The first-order chi connectivity index (χ1) is 16.7. The van der Waals surface area contributed by atoms with Crippen molar-refractivity contribution in [3.63, 3.8) is 0 Å². The third-order valence-electron chi connectivity index (χ3n) is 7.10. The smallest absolute Gasteiger partial charge is 0.407 e. The summed E-state index contributed by atoms with van der Waals surface area (Å²) in [5, 5.41) is 12.5. The molecule has 0 spiro atoms. The first-order valence-corrected chi connectivity index (χ1v) is 11.6. The second-order valence-corrected chi connectivity index (χ2v) is 9.26. The van der Waals surface area contributed by atoms with Gasteiger partial charge in [-0.2, -0.15) is 0 Å². The molecule has 184 valence electrons. The van der Waals surface area contributed by atoms with E-state index in [0.717, 1.165) is 18.4 Å². The Hall–Kier alpha value is -3.69. The van der Waals surface area contributed by atoms with Crippen LogP contribution in [0.1, 0.15) is 46.6 Å². The van der Waals surface area contributed by atoms with Crippen LogP contribution in [0.25, 0.3) is 5.65 Å². The molecule has 3 heterocycles. The number of rotatable bonds is 5. The van der Waals surface area contributed by atoms with Gasteiger partial charge >= 0.3 is 6.09 Å². The molecule has 3 atom stereocenters. The van der Waals surface area contributed by atoms with Crippen LogP contribution in [0.5, 0.6) is 5.75 Å². The summed E-state index contributed by atoms with van der Waals surface area (Å²) in [5.41, 5.74) is 1.81. The molecule has 1 aromatic carbocycles. The van der Waals surface area contributed by atoms with Gasteiger partial charge in [-0.3, -0.25) is 9.20 Å².